The van der Waals surface area contributed by atoms with Gasteiger partial charge < -0.3 is 0 Å². The predicted octanol–water partition coefficient (Wildman–Crippen LogP) is 26.0. The zero-order valence-corrected chi connectivity index (χ0v) is 73.9. The van der Waals surface area contributed by atoms with Gasteiger partial charge in [0.15, 0.2) is 8.59 Å². The van der Waals surface area contributed by atoms with E-state index in [1.165, 1.54) is 63.7 Å². The molecule has 0 unspecified atom stereocenters. The molecule has 12 aromatic carbocycles. The summed E-state index contributed by atoms with van der Waals surface area (Å²) in [4.78, 5) is 17.2. The maximum atomic E-state index is 9.87. The molecular formula is C88H76Cl6Cu2F12N4P6+4. The van der Waals surface area contributed by atoms with Gasteiger partial charge in [-0.2, -0.15) is 0 Å². The molecule has 0 atom stereocenters. The van der Waals surface area contributed by atoms with Crippen LogP contribution < -0.4 is 63.7 Å². The molecule has 3 aromatic heterocycles. The van der Waals surface area contributed by atoms with Crippen molar-refractivity contribution in [3.05, 3.63) is 425 Å². The van der Waals surface area contributed by atoms with Crippen molar-refractivity contribution in [2.75, 3.05) is 0 Å². The van der Waals surface area contributed by atoms with Gasteiger partial charge in [0.2, 0.25) is 0 Å². The smallest absolute Gasteiger partial charge is 0.255 e. The predicted molar refractivity (Wildman–Crippen MR) is 484 cm³/mol. The molecule has 15 aromatic rings. The monoisotopic (exact) mass is 1940 g/mol. The molecule has 0 N–H and O–H groups in total. The normalized spacial score (nSPS) is 11.7. The second-order valence-electron chi connectivity index (χ2n) is 24.0. The van der Waals surface area contributed by atoms with Gasteiger partial charge in [-0.25, -0.2) is 0 Å². The van der Waals surface area contributed by atoms with Gasteiger partial charge in [0.1, 0.15) is 75.0 Å². The molecule has 0 bridgehead atoms. The summed E-state index contributed by atoms with van der Waals surface area (Å²) >= 11 is 28.8. The number of hydrogen-bond donors (Lipinski definition) is 0. The third kappa shape index (κ3) is 43.2. The molecule has 0 spiro atoms. The van der Waals surface area contributed by atoms with Crippen molar-refractivity contribution in [3.63, 3.8) is 0 Å². The van der Waals surface area contributed by atoms with E-state index in [1.54, 1.807) is 24.8 Å². The number of rotatable bonds is 14. The Labute approximate surface area is 735 Å². The van der Waals surface area contributed by atoms with Crippen LogP contribution in [-0.4, -0.2) is 28.5 Å². The summed E-state index contributed by atoms with van der Waals surface area (Å²) in [7, 11) is -24.8. The van der Waals surface area contributed by atoms with E-state index in [2.05, 4.69) is 384 Å². The minimum Gasteiger partial charge on any atom is -0.255 e. The SMILES string of the molecule is ClC(Cl)Cl.ClC(Cl)Cl.F[P-](F)(F)(F)(F)F.F[P-](F)(F)(F)(F)F.[Cu+].[Cu+].c1ccc(-c2cnc(-c3ccccn3)cn2)nc1.c1ccc([PH+](c2ccccc2)c2ccccc2)cc1.c1ccc([PH+](c2ccccc2)c2ccccc2)cc1.c1ccc([PH+](c2ccccc2)c2ccccc2)cc1.c1ccc([PH+](c2ccccc2)c2ccccc2)cc1. The van der Waals surface area contributed by atoms with Crippen LogP contribution in [0.15, 0.2) is 425 Å². The fourth-order valence-electron chi connectivity index (χ4n) is 10.9. The molecule has 622 valence electrons. The number of aromatic nitrogens is 4. The summed E-state index contributed by atoms with van der Waals surface area (Å²) in [5, 5.41) is 17.2. The van der Waals surface area contributed by atoms with Gasteiger partial charge in [-0.15, -0.1) is 0 Å². The molecule has 0 aliphatic rings. The molecule has 15 rings (SSSR count). The zero-order chi connectivity index (χ0) is 83.8. The van der Waals surface area contributed by atoms with E-state index in [0.717, 1.165) is 22.8 Å². The average molecular weight is 1940 g/mol. The Bertz CT molecular complexity index is 4220. The van der Waals surface area contributed by atoms with E-state index >= 15 is 0 Å². The zero-order valence-electron chi connectivity index (χ0n) is 61.7. The molecule has 0 radical (unpaired) electrons. The summed E-state index contributed by atoms with van der Waals surface area (Å²) in [6.07, 6.45) is 6.91. The molecule has 0 saturated carbocycles. The molecular weight excluding hydrogens is 1870 g/mol. The van der Waals surface area contributed by atoms with Crippen molar-refractivity contribution in [1.29, 1.82) is 0 Å². The number of pyridine rings is 2. The first kappa shape index (κ1) is 101. The average Bonchev–Trinajstić information content (AvgIpc) is 0.798. The van der Waals surface area contributed by atoms with Gasteiger partial charge in [0.05, 0.1) is 55.5 Å². The Morgan fingerprint density at radius 1 is 0.178 bits per heavy atom. The number of benzene rings is 12. The van der Waals surface area contributed by atoms with Crippen LogP contribution in [0.3, 0.4) is 0 Å². The first-order chi connectivity index (χ1) is 55.1. The van der Waals surface area contributed by atoms with E-state index in [9.17, 15) is 50.4 Å². The van der Waals surface area contributed by atoms with Crippen LogP contribution in [0, 0.1) is 0 Å². The van der Waals surface area contributed by atoms with Crippen molar-refractivity contribution in [2.45, 2.75) is 8.59 Å². The Morgan fingerprint density at radius 3 is 0.381 bits per heavy atom. The Kier molecular flexibility index (Phi) is 41.8. The first-order valence-corrected chi connectivity index (χ1v) is 47.5. The largest absolute Gasteiger partial charge is 1.00 e. The first-order valence-electron chi connectivity index (χ1n) is 34.8. The standard InChI is InChI=1S/4C18H15P.C14H10N4.2CHCl3.2Cu.2F6P/c4*1-4-10-16(11-5-1)19(17-12-6-2-7-13-17)18-14-8-3-9-15-18;1-3-7-15-11(5-1)13-9-18-14(10-17-13)12-6-2-4-8-16-12;2*2-1(3)4;;;2*1-7(2,3,4,5)6/h4*1-15H;1-10H;2*1H;;;;/q;;;;;;;2*+1;2*-1/p+4. The topological polar surface area (TPSA) is 51.6 Å². The molecule has 0 aliphatic carbocycles. The third-order valence-electron chi connectivity index (χ3n) is 15.3. The third-order valence-corrected chi connectivity index (χ3v) is 26.2. The van der Waals surface area contributed by atoms with Crippen molar-refractivity contribution in [1.82, 2.24) is 19.9 Å². The van der Waals surface area contributed by atoms with Gasteiger partial charge in [0, 0.05) is 12.4 Å². The van der Waals surface area contributed by atoms with Crippen molar-refractivity contribution in [3.8, 4) is 22.8 Å². The van der Waals surface area contributed by atoms with Crippen molar-refractivity contribution < 1.29 is 84.5 Å². The minimum absolute atomic E-state index is 0. The van der Waals surface area contributed by atoms with E-state index < -0.39 is 55.9 Å². The van der Waals surface area contributed by atoms with Gasteiger partial charge >= 0.3 is 100 Å². The van der Waals surface area contributed by atoms with Crippen LogP contribution in [0.4, 0.5) is 50.4 Å². The summed E-state index contributed by atoms with van der Waals surface area (Å²) in [5.41, 5.74) is 3.15. The quantitative estimate of drug-likeness (QED) is 0.0471. The Hall–Kier alpha value is -7.46. The van der Waals surface area contributed by atoms with Gasteiger partial charge in [-0.1, -0.05) is 300 Å². The van der Waals surface area contributed by atoms with Gasteiger partial charge in [-0.05, 0) is 170 Å². The van der Waals surface area contributed by atoms with Crippen LogP contribution in [-0.2, 0) is 34.1 Å². The summed E-state index contributed by atoms with van der Waals surface area (Å²) in [6.45, 7) is 0. The van der Waals surface area contributed by atoms with Gasteiger partial charge in [0.25, 0.3) is 0 Å². The van der Waals surface area contributed by atoms with Crippen molar-refractivity contribution in [2.24, 2.45) is 0 Å². The number of nitrogens with zero attached hydrogens (tertiary/aromatic N) is 4. The molecule has 0 aliphatic heterocycles. The number of hydrogen-bond acceptors (Lipinski definition) is 4. The van der Waals surface area contributed by atoms with Crippen LogP contribution in [0.1, 0.15) is 0 Å². The van der Waals surface area contributed by atoms with E-state index in [0.29, 0.717) is 0 Å². The summed E-state index contributed by atoms with van der Waals surface area (Å²) < 4.78 is 117. The number of alkyl halides is 6. The molecule has 0 amide bonds. The Balaban J connectivity index is 0.000000246. The van der Waals surface area contributed by atoms with Gasteiger partial charge in [-0.3, -0.25) is 19.9 Å². The number of halogens is 18. The van der Waals surface area contributed by atoms with E-state index in [1.807, 2.05) is 36.4 Å². The van der Waals surface area contributed by atoms with Crippen LogP contribution >= 0.6 is 117 Å². The molecule has 0 fully saturated rings. The maximum absolute atomic E-state index is 10.7. The molecule has 4 nitrogen and oxygen atoms in total. The van der Waals surface area contributed by atoms with Crippen LogP contribution in [0.25, 0.3) is 22.8 Å². The van der Waals surface area contributed by atoms with E-state index in [4.69, 9.17) is 69.6 Å². The van der Waals surface area contributed by atoms with Crippen LogP contribution in [0.2, 0.25) is 0 Å². The van der Waals surface area contributed by atoms with Crippen molar-refractivity contribution >= 4 is 181 Å². The summed E-state index contributed by atoms with van der Waals surface area (Å²) in [6, 6.07) is 141. The maximum Gasteiger partial charge on any atom is 1.00 e. The second kappa shape index (κ2) is 48.8. The minimum atomic E-state index is -10.7. The van der Waals surface area contributed by atoms with E-state index in [-0.39, 0.29) is 34.1 Å². The molecule has 30 heteroatoms. The molecule has 118 heavy (non-hydrogen) atoms. The fourth-order valence-corrected chi connectivity index (χ4v) is 21.2. The molecule has 3 heterocycles. The molecule has 0 saturated heterocycles. The summed E-state index contributed by atoms with van der Waals surface area (Å²) in [5.74, 6) is 0. The Morgan fingerprint density at radius 2 is 0.288 bits per heavy atom. The second-order valence-corrected chi connectivity index (χ2v) is 41.7. The van der Waals surface area contributed by atoms with Crippen LogP contribution in [0.5, 0.6) is 0 Å². The fraction of sp³-hybridized carbons (Fsp3) is 0.0227.